The zero-order valence-corrected chi connectivity index (χ0v) is 16.5. The van der Waals surface area contributed by atoms with Gasteiger partial charge in [-0.3, -0.25) is 4.79 Å². The van der Waals surface area contributed by atoms with Gasteiger partial charge in [0.15, 0.2) is 5.79 Å². The molecule has 0 unspecified atom stereocenters. The van der Waals surface area contributed by atoms with E-state index in [-0.39, 0.29) is 41.0 Å². The van der Waals surface area contributed by atoms with E-state index in [0.717, 1.165) is 25.7 Å². The van der Waals surface area contributed by atoms with Crippen LogP contribution in [0.2, 0.25) is 0 Å². The number of carbonyl (C=O) groups excluding carboxylic acids is 1. The van der Waals surface area contributed by atoms with Crippen molar-refractivity contribution in [3.63, 3.8) is 0 Å². The van der Waals surface area contributed by atoms with Crippen molar-refractivity contribution in [2.75, 3.05) is 6.61 Å². The van der Waals surface area contributed by atoms with Gasteiger partial charge in [-0.25, -0.2) is 0 Å². The van der Waals surface area contributed by atoms with Crippen molar-refractivity contribution in [1.82, 2.24) is 0 Å². The van der Waals surface area contributed by atoms with Crippen molar-refractivity contribution in [2.45, 2.75) is 90.8 Å². The van der Waals surface area contributed by atoms with Gasteiger partial charge in [0.05, 0.1) is 24.4 Å². The van der Waals surface area contributed by atoms with Gasteiger partial charge in [-0.05, 0) is 58.3 Å². The van der Waals surface area contributed by atoms with Crippen LogP contribution in [0.25, 0.3) is 0 Å². The molecule has 3 aliphatic rings. The first-order chi connectivity index (χ1) is 11.5. The van der Waals surface area contributed by atoms with Crippen LogP contribution in [0.15, 0.2) is 0 Å². The lowest BCUT2D eigenvalue weighted by atomic mass is 9.49. The number of ether oxygens (including phenoxy) is 3. The first-order valence-electron chi connectivity index (χ1n) is 9.68. The van der Waals surface area contributed by atoms with Gasteiger partial charge >= 0.3 is 5.97 Å². The Labute approximate surface area is 151 Å². The van der Waals surface area contributed by atoms with Crippen LogP contribution in [0, 0.1) is 23.2 Å². The zero-order valence-electron chi connectivity index (χ0n) is 16.5. The summed E-state index contributed by atoms with van der Waals surface area (Å²) in [5.74, 6) is -0.217. The van der Waals surface area contributed by atoms with Gasteiger partial charge in [-0.15, -0.1) is 0 Å². The molecule has 0 aromatic rings. The summed E-state index contributed by atoms with van der Waals surface area (Å²) >= 11 is 0. The lowest BCUT2D eigenvalue weighted by Gasteiger charge is -2.65. The molecule has 2 saturated carbocycles. The van der Waals surface area contributed by atoms with Crippen LogP contribution < -0.4 is 0 Å². The van der Waals surface area contributed by atoms with E-state index < -0.39 is 5.79 Å². The Bertz CT molecular complexity index is 532. The number of aliphatic hydroxyl groups excluding tert-OH is 1. The van der Waals surface area contributed by atoms with Crippen molar-refractivity contribution in [3.8, 4) is 0 Å². The highest BCUT2D eigenvalue weighted by Crippen LogP contribution is 2.61. The third kappa shape index (κ3) is 3.24. The maximum absolute atomic E-state index is 11.2. The molecular weight excluding hydrogens is 320 g/mol. The van der Waals surface area contributed by atoms with Crippen molar-refractivity contribution < 1.29 is 24.1 Å². The van der Waals surface area contributed by atoms with Crippen molar-refractivity contribution >= 4 is 5.97 Å². The SMILES string of the molecule is CC(=O)OC[C@@H](C)[C@@H]1CC[C@@]2(C)[C@H](O)CC[C@@]3(C)OC(C)(C)O[C@@H]1[C@H]23. The second kappa shape index (κ2) is 6.21. The second-order valence-electron chi connectivity index (χ2n) is 9.42. The molecule has 5 nitrogen and oxygen atoms in total. The van der Waals surface area contributed by atoms with Crippen LogP contribution in [0.1, 0.15) is 67.2 Å². The van der Waals surface area contributed by atoms with E-state index >= 15 is 0 Å². The largest absolute Gasteiger partial charge is 0.466 e. The molecule has 2 aliphatic carbocycles. The third-order valence-electron chi connectivity index (χ3n) is 6.99. The van der Waals surface area contributed by atoms with Gasteiger partial charge in [0, 0.05) is 18.3 Å². The summed E-state index contributed by atoms with van der Waals surface area (Å²) in [6.07, 6.45) is 3.25. The molecule has 5 heteroatoms. The van der Waals surface area contributed by atoms with Crippen LogP contribution in [0.5, 0.6) is 0 Å². The molecule has 3 rings (SSSR count). The summed E-state index contributed by atoms with van der Waals surface area (Å²) in [6.45, 7) is 12.4. The van der Waals surface area contributed by atoms with E-state index in [9.17, 15) is 9.90 Å². The van der Waals surface area contributed by atoms with E-state index in [0.29, 0.717) is 12.5 Å². The standard InChI is InChI=1S/C20H34O5/c1-12(11-23-13(2)21)14-7-9-19(5)15(22)8-10-20(6)17(19)16(14)24-18(3,4)25-20/h12,14-17,22H,7-11H2,1-6H3/t12-,14+,15-,16+,17-,19+,20-/m1/s1. The number of hydrogen-bond acceptors (Lipinski definition) is 5. The molecule has 0 amide bonds. The van der Waals surface area contributed by atoms with E-state index in [4.69, 9.17) is 14.2 Å². The summed E-state index contributed by atoms with van der Waals surface area (Å²) in [7, 11) is 0. The minimum atomic E-state index is -0.643. The predicted octanol–water partition coefficient (Wildman–Crippen LogP) is 3.28. The number of rotatable bonds is 3. The Morgan fingerprint density at radius 2 is 1.92 bits per heavy atom. The fraction of sp³-hybridized carbons (Fsp3) is 0.950. The van der Waals surface area contributed by atoms with Gasteiger partial charge in [-0.1, -0.05) is 13.8 Å². The Kier molecular flexibility index (Phi) is 4.75. The molecule has 25 heavy (non-hydrogen) atoms. The lowest BCUT2D eigenvalue weighted by Crippen LogP contribution is -2.70. The quantitative estimate of drug-likeness (QED) is 0.788. The first-order valence-corrected chi connectivity index (χ1v) is 9.68. The Morgan fingerprint density at radius 1 is 1.24 bits per heavy atom. The van der Waals surface area contributed by atoms with Crippen molar-refractivity contribution in [2.24, 2.45) is 23.2 Å². The van der Waals surface area contributed by atoms with Gasteiger partial charge in [0.25, 0.3) is 0 Å². The van der Waals surface area contributed by atoms with Gasteiger partial charge < -0.3 is 19.3 Å². The van der Waals surface area contributed by atoms with Crippen molar-refractivity contribution in [3.05, 3.63) is 0 Å². The van der Waals surface area contributed by atoms with Crippen molar-refractivity contribution in [1.29, 1.82) is 0 Å². The molecule has 7 atom stereocenters. The van der Waals surface area contributed by atoms with Gasteiger partial charge in [-0.2, -0.15) is 0 Å². The fourth-order valence-electron chi connectivity index (χ4n) is 5.91. The van der Waals surface area contributed by atoms with E-state index in [1.54, 1.807) is 0 Å². The van der Waals surface area contributed by atoms with Crippen LogP contribution in [-0.2, 0) is 19.0 Å². The highest BCUT2D eigenvalue weighted by molar-refractivity contribution is 5.65. The zero-order chi connectivity index (χ0) is 18.6. The summed E-state index contributed by atoms with van der Waals surface area (Å²) in [6, 6.07) is 0. The molecule has 1 aliphatic heterocycles. The molecule has 0 radical (unpaired) electrons. The summed E-state index contributed by atoms with van der Waals surface area (Å²) in [5.41, 5.74) is -0.480. The Morgan fingerprint density at radius 3 is 2.56 bits per heavy atom. The van der Waals surface area contributed by atoms with Crippen LogP contribution in [0.3, 0.4) is 0 Å². The molecule has 1 saturated heterocycles. The molecule has 0 bridgehead atoms. The summed E-state index contributed by atoms with van der Waals surface area (Å²) in [5, 5.41) is 10.8. The third-order valence-corrected chi connectivity index (χ3v) is 6.99. The number of esters is 1. The summed E-state index contributed by atoms with van der Waals surface area (Å²) in [4.78, 5) is 11.2. The van der Waals surface area contributed by atoms with Gasteiger partial charge in [0.1, 0.15) is 0 Å². The normalized spacial score (nSPS) is 46.8. The number of carbonyl (C=O) groups is 1. The Balaban J connectivity index is 1.92. The van der Waals surface area contributed by atoms with Crippen LogP contribution in [0.4, 0.5) is 0 Å². The monoisotopic (exact) mass is 354 g/mol. The lowest BCUT2D eigenvalue weighted by molar-refractivity contribution is -0.399. The van der Waals surface area contributed by atoms with E-state index in [1.165, 1.54) is 6.92 Å². The topological polar surface area (TPSA) is 65.0 Å². The molecule has 1 heterocycles. The first kappa shape index (κ1) is 19.1. The highest BCUT2D eigenvalue weighted by Gasteiger charge is 2.65. The molecule has 0 aromatic carbocycles. The van der Waals surface area contributed by atoms with E-state index in [2.05, 4.69) is 20.8 Å². The second-order valence-corrected chi connectivity index (χ2v) is 9.42. The van der Waals surface area contributed by atoms with Crippen LogP contribution >= 0.6 is 0 Å². The minimum Gasteiger partial charge on any atom is -0.466 e. The average molecular weight is 354 g/mol. The average Bonchev–Trinajstić information content (AvgIpc) is 2.47. The van der Waals surface area contributed by atoms with Crippen LogP contribution in [-0.4, -0.2) is 41.3 Å². The molecular formula is C20H34O5. The minimum absolute atomic E-state index is 0.00741. The highest BCUT2D eigenvalue weighted by atomic mass is 16.7. The molecule has 0 aromatic heterocycles. The molecule has 0 spiro atoms. The number of aliphatic hydroxyl groups is 1. The summed E-state index contributed by atoms with van der Waals surface area (Å²) < 4.78 is 18.2. The maximum atomic E-state index is 11.2. The predicted molar refractivity (Wildman–Crippen MR) is 93.8 cm³/mol. The smallest absolute Gasteiger partial charge is 0.302 e. The molecule has 144 valence electrons. The van der Waals surface area contributed by atoms with E-state index in [1.807, 2.05) is 13.8 Å². The fourth-order valence-corrected chi connectivity index (χ4v) is 5.91. The Hall–Kier alpha value is -0.650. The number of hydrogen-bond donors (Lipinski definition) is 1. The van der Waals surface area contributed by atoms with Gasteiger partial charge in [0.2, 0.25) is 0 Å². The maximum Gasteiger partial charge on any atom is 0.302 e. The molecule has 1 N–H and O–H groups in total. The molecule has 3 fully saturated rings.